The normalized spacial score (nSPS) is 10.1. The van der Waals surface area contributed by atoms with E-state index >= 15 is 0 Å². The van der Waals surface area contributed by atoms with Crippen LogP contribution in [-0.2, 0) is 9.59 Å². The van der Waals surface area contributed by atoms with Gasteiger partial charge < -0.3 is 15.3 Å². The smallest absolute Gasteiger partial charge is 0.305 e. The monoisotopic (exact) mass is 312 g/mol. The lowest BCUT2D eigenvalue weighted by molar-refractivity contribution is -0.138. The van der Waals surface area contributed by atoms with Crippen molar-refractivity contribution in [3.05, 3.63) is 22.4 Å². The predicted octanol–water partition coefficient (Wildman–Crippen LogP) is 1.58. The summed E-state index contributed by atoms with van der Waals surface area (Å²) in [6.07, 6.45) is 0.796. The van der Waals surface area contributed by atoms with Crippen molar-refractivity contribution in [3.8, 4) is 0 Å². The quantitative estimate of drug-likeness (QED) is 0.678. The third-order valence-electron chi connectivity index (χ3n) is 2.97. The summed E-state index contributed by atoms with van der Waals surface area (Å²) in [7, 11) is 0. The molecule has 0 bridgehead atoms. The molecular weight excluding hydrogens is 292 g/mol. The average Bonchev–Trinajstić information content (AvgIpc) is 2.98. The maximum atomic E-state index is 11.9. The molecule has 0 aromatic carbocycles. The van der Waals surface area contributed by atoms with Gasteiger partial charge in [-0.2, -0.15) is 11.3 Å². The second-order valence-corrected chi connectivity index (χ2v) is 5.27. The zero-order valence-electron chi connectivity index (χ0n) is 12.0. The molecule has 2 amide bonds. The van der Waals surface area contributed by atoms with E-state index in [-0.39, 0.29) is 24.8 Å². The van der Waals surface area contributed by atoms with Crippen molar-refractivity contribution in [1.29, 1.82) is 0 Å². The van der Waals surface area contributed by atoms with Gasteiger partial charge in [0, 0.05) is 37.0 Å². The number of nitrogens with zero attached hydrogens (tertiary/aromatic N) is 1. The van der Waals surface area contributed by atoms with Gasteiger partial charge in [-0.25, -0.2) is 0 Å². The number of rotatable bonds is 9. The highest BCUT2D eigenvalue weighted by Gasteiger charge is 2.13. The number of amides is 2. The lowest BCUT2D eigenvalue weighted by atomic mass is 10.2. The Hall–Kier alpha value is -1.89. The largest absolute Gasteiger partial charge is 0.481 e. The van der Waals surface area contributed by atoms with Gasteiger partial charge in [0.15, 0.2) is 0 Å². The zero-order chi connectivity index (χ0) is 15.7. The highest BCUT2D eigenvalue weighted by atomic mass is 32.1. The lowest BCUT2D eigenvalue weighted by Crippen LogP contribution is -2.33. The molecule has 0 fully saturated rings. The van der Waals surface area contributed by atoms with Crippen molar-refractivity contribution < 1.29 is 19.5 Å². The average molecular weight is 312 g/mol. The van der Waals surface area contributed by atoms with Crippen LogP contribution < -0.4 is 5.32 Å². The Balaban J connectivity index is 2.22. The molecule has 1 aromatic rings. The van der Waals surface area contributed by atoms with Gasteiger partial charge in [-0.15, -0.1) is 0 Å². The van der Waals surface area contributed by atoms with Crippen LogP contribution in [0, 0.1) is 0 Å². The number of aliphatic carboxylic acids is 1. The number of hydrogen-bond acceptors (Lipinski definition) is 4. The van der Waals surface area contributed by atoms with E-state index in [1.54, 1.807) is 11.4 Å². The van der Waals surface area contributed by atoms with Crippen molar-refractivity contribution in [3.63, 3.8) is 0 Å². The Bertz CT molecular complexity index is 473. The third kappa shape index (κ3) is 6.40. The van der Waals surface area contributed by atoms with E-state index in [1.807, 2.05) is 12.3 Å². The summed E-state index contributed by atoms with van der Waals surface area (Å²) < 4.78 is 0. The summed E-state index contributed by atoms with van der Waals surface area (Å²) in [5, 5.41) is 15.0. The van der Waals surface area contributed by atoms with Crippen LogP contribution in [0.25, 0.3) is 0 Å². The molecule has 1 aromatic heterocycles. The summed E-state index contributed by atoms with van der Waals surface area (Å²) in [5.74, 6) is -1.13. The van der Waals surface area contributed by atoms with E-state index in [9.17, 15) is 14.4 Å². The second-order valence-electron chi connectivity index (χ2n) is 4.49. The molecule has 1 heterocycles. The summed E-state index contributed by atoms with van der Waals surface area (Å²) in [4.78, 5) is 35.6. The Labute approximate surface area is 127 Å². The number of carboxylic acid groups (broad SMARTS) is 1. The number of carbonyl (C=O) groups is 3. The minimum Gasteiger partial charge on any atom is -0.481 e. The van der Waals surface area contributed by atoms with E-state index in [0.29, 0.717) is 31.5 Å². The van der Waals surface area contributed by atoms with Crippen molar-refractivity contribution in [1.82, 2.24) is 10.2 Å². The summed E-state index contributed by atoms with van der Waals surface area (Å²) in [6, 6.07) is 1.75. The van der Waals surface area contributed by atoms with E-state index in [0.717, 1.165) is 0 Å². The van der Waals surface area contributed by atoms with Gasteiger partial charge in [-0.05, 0) is 24.8 Å². The van der Waals surface area contributed by atoms with Gasteiger partial charge in [0.2, 0.25) is 5.91 Å². The van der Waals surface area contributed by atoms with Crippen molar-refractivity contribution in [2.45, 2.75) is 26.2 Å². The topological polar surface area (TPSA) is 86.7 Å². The Morgan fingerprint density at radius 2 is 2.10 bits per heavy atom. The minimum atomic E-state index is -0.913. The summed E-state index contributed by atoms with van der Waals surface area (Å²) >= 11 is 1.46. The van der Waals surface area contributed by atoms with Crippen LogP contribution in [0.2, 0.25) is 0 Å². The van der Waals surface area contributed by atoms with E-state index in [1.165, 1.54) is 16.2 Å². The first kappa shape index (κ1) is 17.2. The summed E-state index contributed by atoms with van der Waals surface area (Å²) in [5.41, 5.74) is 0.628. The third-order valence-corrected chi connectivity index (χ3v) is 3.65. The molecule has 0 aliphatic heterocycles. The maximum absolute atomic E-state index is 11.9. The first-order chi connectivity index (χ1) is 10.0. The molecule has 0 aliphatic carbocycles. The molecule has 0 unspecified atom stereocenters. The van der Waals surface area contributed by atoms with Gasteiger partial charge in [0.1, 0.15) is 0 Å². The van der Waals surface area contributed by atoms with Gasteiger partial charge in [0.25, 0.3) is 5.91 Å². The van der Waals surface area contributed by atoms with Crippen molar-refractivity contribution >= 4 is 29.1 Å². The van der Waals surface area contributed by atoms with Gasteiger partial charge in [0.05, 0.1) is 6.42 Å². The van der Waals surface area contributed by atoms with Gasteiger partial charge >= 0.3 is 5.97 Å². The number of carbonyl (C=O) groups excluding carboxylic acids is 2. The molecule has 0 spiro atoms. The lowest BCUT2D eigenvalue weighted by Gasteiger charge is -2.19. The molecule has 21 heavy (non-hydrogen) atoms. The number of carboxylic acids is 1. The molecule has 0 radical (unpaired) electrons. The number of nitrogens with one attached hydrogen (secondary N) is 1. The molecule has 0 saturated heterocycles. The summed E-state index contributed by atoms with van der Waals surface area (Å²) in [6.45, 7) is 2.97. The standard InChI is InChI=1S/C14H20N2O4S/c1-2-16(8-5-13(18)19)12(17)4-3-7-15-14(20)11-6-9-21-10-11/h6,9-10H,2-5,7-8H2,1H3,(H,15,20)(H,18,19). The first-order valence-corrected chi connectivity index (χ1v) is 7.78. The highest BCUT2D eigenvalue weighted by molar-refractivity contribution is 7.08. The Morgan fingerprint density at radius 3 is 2.67 bits per heavy atom. The maximum Gasteiger partial charge on any atom is 0.305 e. The van der Waals surface area contributed by atoms with Crippen molar-refractivity contribution in [2.75, 3.05) is 19.6 Å². The fourth-order valence-corrected chi connectivity index (χ4v) is 2.42. The van der Waals surface area contributed by atoms with Gasteiger partial charge in [-0.1, -0.05) is 0 Å². The van der Waals surface area contributed by atoms with Crippen LogP contribution in [0.4, 0.5) is 0 Å². The predicted molar refractivity (Wildman–Crippen MR) is 80.4 cm³/mol. The van der Waals surface area contributed by atoms with Gasteiger partial charge in [-0.3, -0.25) is 14.4 Å². The number of thiophene rings is 1. The fraction of sp³-hybridized carbons (Fsp3) is 0.500. The molecule has 7 heteroatoms. The molecule has 1 rings (SSSR count). The van der Waals surface area contributed by atoms with E-state index in [4.69, 9.17) is 5.11 Å². The zero-order valence-corrected chi connectivity index (χ0v) is 12.8. The molecule has 6 nitrogen and oxygen atoms in total. The van der Waals surface area contributed by atoms with Crippen LogP contribution in [0.3, 0.4) is 0 Å². The van der Waals surface area contributed by atoms with Crippen molar-refractivity contribution in [2.24, 2.45) is 0 Å². The van der Waals surface area contributed by atoms with Crippen LogP contribution in [-0.4, -0.2) is 47.4 Å². The van der Waals surface area contributed by atoms with Crippen LogP contribution >= 0.6 is 11.3 Å². The number of hydrogen-bond donors (Lipinski definition) is 2. The highest BCUT2D eigenvalue weighted by Crippen LogP contribution is 2.05. The van der Waals surface area contributed by atoms with E-state index < -0.39 is 5.97 Å². The Kier molecular flexibility index (Phi) is 7.45. The molecule has 0 aliphatic rings. The minimum absolute atomic E-state index is 0.0472. The molecule has 116 valence electrons. The van der Waals surface area contributed by atoms with Crippen LogP contribution in [0.15, 0.2) is 16.8 Å². The molecule has 2 N–H and O–H groups in total. The second kappa shape index (κ2) is 9.12. The van der Waals surface area contributed by atoms with Crippen LogP contribution in [0.1, 0.15) is 36.5 Å². The fourth-order valence-electron chi connectivity index (χ4n) is 1.79. The SMILES string of the molecule is CCN(CCC(=O)O)C(=O)CCCNC(=O)c1ccsc1. The Morgan fingerprint density at radius 1 is 1.33 bits per heavy atom. The molecular formula is C14H20N2O4S. The van der Waals surface area contributed by atoms with E-state index in [2.05, 4.69) is 5.32 Å². The molecule has 0 saturated carbocycles. The molecule has 0 atom stereocenters. The van der Waals surface area contributed by atoms with Crippen LogP contribution in [0.5, 0.6) is 0 Å². The first-order valence-electron chi connectivity index (χ1n) is 6.84.